The molecule has 3 unspecified atom stereocenters. The zero-order chi connectivity index (χ0) is 45.6. The fraction of sp³-hybridized carbons (Fsp3) is 0.700. The molecule has 12 heteroatoms. The van der Waals surface area contributed by atoms with Crippen molar-refractivity contribution in [1.29, 1.82) is 0 Å². The van der Waals surface area contributed by atoms with Crippen molar-refractivity contribution in [2.45, 2.75) is 206 Å². The highest BCUT2D eigenvalue weighted by atomic mass is 31.2. The maximum Gasteiger partial charge on any atom is 0.472 e. The van der Waals surface area contributed by atoms with Crippen LogP contribution in [0.5, 0.6) is 0 Å². The normalized spacial score (nSPS) is 14.3. The number of phosphoric acid groups is 1. The fourth-order valence-corrected chi connectivity index (χ4v) is 7.05. The van der Waals surface area contributed by atoms with Gasteiger partial charge >= 0.3 is 19.8 Å². The van der Waals surface area contributed by atoms with Crippen molar-refractivity contribution in [3.05, 3.63) is 72.9 Å². The van der Waals surface area contributed by atoms with E-state index in [0.29, 0.717) is 12.8 Å². The molecule has 0 aromatic carbocycles. The number of nitrogens with one attached hydrogen (secondary N) is 1. The first-order valence-electron chi connectivity index (χ1n) is 24.0. The second-order valence-electron chi connectivity index (χ2n) is 15.9. The minimum Gasteiger partial charge on any atom is -0.480 e. The smallest absolute Gasteiger partial charge is 0.472 e. The van der Waals surface area contributed by atoms with Crippen LogP contribution in [-0.4, -0.2) is 64.9 Å². The summed E-state index contributed by atoms with van der Waals surface area (Å²) in [5.41, 5.74) is 0. The van der Waals surface area contributed by atoms with Crippen LogP contribution in [-0.2, 0) is 32.7 Å². The molecule has 0 saturated heterocycles. The van der Waals surface area contributed by atoms with E-state index in [4.69, 9.17) is 13.8 Å². The number of unbranched alkanes of at least 4 members (excludes halogenated alkanes) is 18. The lowest BCUT2D eigenvalue weighted by Crippen LogP contribution is -2.43. The van der Waals surface area contributed by atoms with E-state index in [1.807, 2.05) is 0 Å². The van der Waals surface area contributed by atoms with E-state index in [1.165, 1.54) is 57.8 Å². The van der Waals surface area contributed by atoms with Crippen molar-refractivity contribution in [1.82, 2.24) is 5.32 Å². The van der Waals surface area contributed by atoms with Crippen LogP contribution in [0.15, 0.2) is 72.9 Å². The maximum atomic E-state index is 12.4. The summed E-state index contributed by atoms with van der Waals surface area (Å²) in [6.45, 7) is 2.44. The molecule has 1 amide bonds. The van der Waals surface area contributed by atoms with Crippen LogP contribution >= 0.6 is 7.82 Å². The van der Waals surface area contributed by atoms with Gasteiger partial charge in [0.25, 0.3) is 0 Å². The first kappa shape index (κ1) is 58.9. The third kappa shape index (κ3) is 43.6. The third-order valence-electron chi connectivity index (χ3n) is 9.98. The lowest BCUT2D eigenvalue weighted by molar-refractivity contribution is -0.147. The van der Waals surface area contributed by atoms with E-state index < -0.39 is 57.6 Å². The van der Waals surface area contributed by atoms with Crippen molar-refractivity contribution < 1.29 is 47.8 Å². The Morgan fingerprint density at radius 2 is 0.935 bits per heavy atom. The number of amides is 1. The number of hydrogen-bond donors (Lipinski definition) is 4. The number of carboxylic acid groups (broad SMARTS) is 1. The van der Waals surface area contributed by atoms with Crippen LogP contribution in [0.2, 0.25) is 0 Å². The largest absolute Gasteiger partial charge is 0.480 e. The van der Waals surface area contributed by atoms with Crippen LogP contribution < -0.4 is 5.32 Å². The predicted octanol–water partition coefficient (Wildman–Crippen LogP) is 12.9. The standard InChI is InChI=1S/C50H86NO10P/c1-3-5-7-9-11-13-15-17-19-20-21-22-23-24-25-26-28-29-31-33-35-37-39-41-48(53)51-47(50(55)56)45-61-62(57,58)60-44-46(52)43-59-49(54)42-40-38-36-34-32-30-27-18-16-14-12-10-8-6-4-2/h6,8,11-14,17-19,21-22,27,46-47,52H,3-5,7,9-10,15-16,20,23-26,28-45H2,1-2H3,(H,51,53)(H,55,56)(H,57,58)/b8-6-,13-11-,14-12-,19-17-,22-21-,27-18-. The molecule has 62 heavy (non-hydrogen) atoms. The molecule has 0 spiro atoms. The van der Waals surface area contributed by atoms with Gasteiger partial charge in [0.1, 0.15) is 12.7 Å². The molecule has 4 N–H and O–H groups in total. The minimum absolute atomic E-state index is 0.136. The first-order valence-corrected chi connectivity index (χ1v) is 25.5. The molecule has 0 bridgehead atoms. The van der Waals surface area contributed by atoms with Gasteiger partial charge in [-0.05, 0) is 83.5 Å². The number of carboxylic acids is 1. The number of allylic oxidation sites excluding steroid dienone is 12. The topological polar surface area (TPSA) is 169 Å². The SMILES string of the molecule is CC/C=C\C/C=C\C/C=C\CCCCCCCC(=O)OCC(O)COP(=O)(O)OCC(NC(=O)CCCCCCCCCCCC/C=C\C/C=C\C/C=C\CCCCC)C(=O)O. The molecule has 0 aliphatic heterocycles. The van der Waals surface area contributed by atoms with E-state index in [-0.39, 0.29) is 12.8 Å². The van der Waals surface area contributed by atoms with Crippen LogP contribution in [0.1, 0.15) is 194 Å². The highest BCUT2D eigenvalue weighted by Crippen LogP contribution is 2.43. The molecule has 0 heterocycles. The zero-order valence-corrected chi connectivity index (χ0v) is 39.5. The predicted molar refractivity (Wildman–Crippen MR) is 254 cm³/mol. The highest BCUT2D eigenvalue weighted by molar-refractivity contribution is 7.47. The van der Waals surface area contributed by atoms with Gasteiger partial charge in [-0.3, -0.25) is 18.6 Å². The second kappa shape index (κ2) is 44.5. The van der Waals surface area contributed by atoms with Gasteiger partial charge in [0, 0.05) is 12.8 Å². The summed E-state index contributed by atoms with van der Waals surface area (Å²) in [6.07, 6.45) is 53.5. The molecule has 0 rings (SSSR count). The van der Waals surface area contributed by atoms with E-state index in [2.05, 4.69) is 92.1 Å². The van der Waals surface area contributed by atoms with Crippen molar-refractivity contribution in [3.63, 3.8) is 0 Å². The number of phosphoric ester groups is 1. The number of aliphatic carboxylic acids is 1. The molecule has 3 atom stereocenters. The highest BCUT2D eigenvalue weighted by Gasteiger charge is 2.28. The monoisotopic (exact) mass is 892 g/mol. The summed E-state index contributed by atoms with van der Waals surface area (Å²) >= 11 is 0. The number of carbonyl (C=O) groups is 3. The quantitative estimate of drug-likeness (QED) is 0.0200. The fourth-order valence-electron chi connectivity index (χ4n) is 6.28. The molecule has 0 saturated carbocycles. The van der Waals surface area contributed by atoms with Crippen LogP contribution in [0.3, 0.4) is 0 Å². The summed E-state index contributed by atoms with van der Waals surface area (Å²) < 4.78 is 26.9. The molecular weight excluding hydrogens is 806 g/mol. The van der Waals surface area contributed by atoms with Gasteiger partial charge in [0.15, 0.2) is 6.04 Å². The van der Waals surface area contributed by atoms with Crippen LogP contribution in [0.4, 0.5) is 0 Å². The lowest BCUT2D eigenvalue weighted by atomic mass is 10.0. The second-order valence-corrected chi connectivity index (χ2v) is 17.4. The molecule has 356 valence electrons. The average Bonchev–Trinajstić information content (AvgIpc) is 3.25. The van der Waals surface area contributed by atoms with Gasteiger partial charge in [0.2, 0.25) is 5.91 Å². The molecule has 0 aliphatic carbocycles. The molecule has 0 aliphatic rings. The zero-order valence-electron chi connectivity index (χ0n) is 38.6. The molecular formula is C50H86NO10P. The Balaban J connectivity index is 3.89. The van der Waals surface area contributed by atoms with Crippen molar-refractivity contribution in [2.24, 2.45) is 0 Å². The Bertz CT molecular complexity index is 1320. The maximum absolute atomic E-state index is 12.4. The molecule has 0 aromatic rings. The van der Waals surface area contributed by atoms with Gasteiger partial charge in [0.05, 0.1) is 13.2 Å². The summed E-state index contributed by atoms with van der Waals surface area (Å²) in [5.74, 6) is -2.40. The molecule has 0 radical (unpaired) electrons. The number of aliphatic hydroxyl groups is 1. The van der Waals surface area contributed by atoms with E-state index in [1.54, 1.807) is 0 Å². The molecule has 11 nitrogen and oxygen atoms in total. The average molecular weight is 892 g/mol. The number of esters is 1. The van der Waals surface area contributed by atoms with E-state index >= 15 is 0 Å². The Kier molecular flexibility index (Phi) is 42.3. The molecule has 0 aromatic heterocycles. The van der Waals surface area contributed by atoms with Crippen molar-refractivity contribution >= 4 is 25.7 Å². The summed E-state index contributed by atoms with van der Waals surface area (Å²) in [6, 6.07) is -1.56. The lowest BCUT2D eigenvalue weighted by Gasteiger charge is -2.18. The van der Waals surface area contributed by atoms with Gasteiger partial charge in [-0.2, -0.15) is 0 Å². The van der Waals surface area contributed by atoms with Gasteiger partial charge in [-0.15, -0.1) is 0 Å². The minimum atomic E-state index is -4.77. The Labute approximate surface area is 376 Å². The Hall–Kier alpha value is -3.08. The van der Waals surface area contributed by atoms with E-state index in [9.17, 15) is 34.1 Å². The van der Waals surface area contributed by atoms with Gasteiger partial charge in [-0.25, -0.2) is 9.36 Å². The summed E-state index contributed by atoms with van der Waals surface area (Å²) in [5, 5.41) is 21.9. The Morgan fingerprint density at radius 1 is 0.532 bits per heavy atom. The Morgan fingerprint density at radius 3 is 1.40 bits per heavy atom. The summed E-state index contributed by atoms with van der Waals surface area (Å²) in [7, 11) is -4.77. The first-order chi connectivity index (χ1) is 30.1. The third-order valence-corrected chi connectivity index (χ3v) is 10.9. The number of carbonyl (C=O) groups excluding carboxylic acids is 2. The van der Waals surface area contributed by atoms with Gasteiger partial charge in [-0.1, -0.05) is 170 Å². The number of aliphatic hydroxyl groups excluding tert-OH is 1. The number of rotatable bonds is 44. The van der Waals surface area contributed by atoms with Crippen molar-refractivity contribution in [3.8, 4) is 0 Å². The van der Waals surface area contributed by atoms with Crippen molar-refractivity contribution in [2.75, 3.05) is 19.8 Å². The summed E-state index contributed by atoms with van der Waals surface area (Å²) in [4.78, 5) is 46.0. The molecule has 0 fully saturated rings. The van der Waals surface area contributed by atoms with E-state index in [0.717, 1.165) is 96.3 Å². The van der Waals surface area contributed by atoms with Crippen LogP contribution in [0.25, 0.3) is 0 Å². The number of hydrogen-bond acceptors (Lipinski definition) is 8. The number of ether oxygens (including phenoxy) is 1. The van der Waals surface area contributed by atoms with Crippen LogP contribution in [0, 0.1) is 0 Å². The van der Waals surface area contributed by atoms with Gasteiger partial charge < -0.3 is 25.2 Å².